The standard InChI is InChI=1S/C23H20FNO4/c1-2-12-29-17-7-5-6-15(13-17)16-10-11-21(20(24)14-16)25-22(26)18-8-3-4-9-19(18)23(27)28/h3-11,13-14H,2,12H2,1H3,(H,25,26)(H,27,28). The van der Waals surface area contributed by atoms with Crippen LogP contribution in [0.2, 0.25) is 0 Å². The molecule has 2 N–H and O–H groups in total. The molecule has 0 fully saturated rings. The van der Waals surface area contributed by atoms with Crippen molar-refractivity contribution in [2.75, 3.05) is 11.9 Å². The second kappa shape index (κ2) is 9.01. The van der Waals surface area contributed by atoms with Crippen LogP contribution in [-0.2, 0) is 0 Å². The van der Waals surface area contributed by atoms with Crippen molar-refractivity contribution in [2.24, 2.45) is 0 Å². The van der Waals surface area contributed by atoms with Gasteiger partial charge in [0.2, 0.25) is 0 Å². The third-order valence-electron chi connectivity index (χ3n) is 4.26. The molecule has 3 aromatic carbocycles. The molecule has 0 spiro atoms. The Bertz CT molecular complexity index is 1050. The van der Waals surface area contributed by atoms with Gasteiger partial charge in [0.05, 0.1) is 23.4 Å². The highest BCUT2D eigenvalue weighted by molar-refractivity contribution is 6.10. The molecule has 3 rings (SSSR count). The number of rotatable bonds is 7. The van der Waals surface area contributed by atoms with Gasteiger partial charge >= 0.3 is 5.97 Å². The Morgan fingerprint density at radius 1 is 0.966 bits per heavy atom. The zero-order valence-electron chi connectivity index (χ0n) is 15.8. The monoisotopic (exact) mass is 393 g/mol. The molecule has 0 unspecified atom stereocenters. The Balaban J connectivity index is 1.82. The number of carbonyl (C=O) groups excluding carboxylic acids is 1. The average molecular weight is 393 g/mol. The molecule has 3 aromatic rings. The summed E-state index contributed by atoms with van der Waals surface area (Å²) in [6.45, 7) is 2.61. The van der Waals surface area contributed by atoms with E-state index in [9.17, 15) is 19.1 Å². The Kier molecular flexibility index (Phi) is 6.24. The number of hydrogen-bond donors (Lipinski definition) is 2. The maximum atomic E-state index is 14.6. The van der Waals surface area contributed by atoms with Crippen molar-refractivity contribution in [1.29, 1.82) is 0 Å². The SMILES string of the molecule is CCCOc1cccc(-c2ccc(NC(=O)c3ccccc3C(=O)O)c(F)c2)c1. The van der Waals surface area contributed by atoms with Crippen LogP contribution < -0.4 is 10.1 Å². The Hall–Kier alpha value is -3.67. The molecule has 0 saturated heterocycles. The van der Waals surface area contributed by atoms with Crippen LogP contribution in [0.4, 0.5) is 10.1 Å². The summed E-state index contributed by atoms with van der Waals surface area (Å²) in [7, 11) is 0. The van der Waals surface area contributed by atoms with E-state index >= 15 is 0 Å². The van der Waals surface area contributed by atoms with Crippen molar-refractivity contribution in [2.45, 2.75) is 13.3 Å². The molecule has 0 heterocycles. The predicted octanol–water partition coefficient (Wildman–Crippen LogP) is 5.23. The smallest absolute Gasteiger partial charge is 0.336 e. The molecule has 1 amide bonds. The molecule has 0 saturated carbocycles. The number of carboxylic acid groups (broad SMARTS) is 1. The summed E-state index contributed by atoms with van der Waals surface area (Å²) in [5, 5.41) is 11.6. The number of anilines is 1. The van der Waals surface area contributed by atoms with Gasteiger partial charge in [-0.3, -0.25) is 4.79 Å². The van der Waals surface area contributed by atoms with Gasteiger partial charge in [0.25, 0.3) is 5.91 Å². The van der Waals surface area contributed by atoms with Crippen LogP contribution in [0, 0.1) is 5.82 Å². The predicted molar refractivity (Wildman–Crippen MR) is 109 cm³/mol. The van der Waals surface area contributed by atoms with Gasteiger partial charge in [-0.1, -0.05) is 37.3 Å². The quantitative estimate of drug-likeness (QED) is 0.576. The third-order valence-corrected chi connectivity index (χ3v) is 4.26. The van der Waals surface area contributed by atoms with Crippen molar-refractivity contribution in [1.82, 2.24) is 0 Å². The molecule has 6 heteroatoms. The minimum absolute atomic E-state index is 0.0303. The fraction of sp³-hybridized carbons (Fsp3) is 0.130. The lowest BCUT2D eigenvalue weighted by molar-refractivity contribution is 0.0692. The van der Waals surface area contributed by atoms with Crippen LogP contribution >= 0.6 is 0 Å². The highest BCUT2D eigenvalue weighted by Gasteiger charge is 2.17. The van der Waals surface area contributed by atoms with E-state index < -0.39 is 17.7 Å². The van der Waals surface area contributed by atoms with Crippen LogP contribution in [-0.4, -0.2) is 23.6 Å². The van der Waals surface area contributed by atoms with Gasteiger partial charge in [0.1, 0.15) is 11.6 Å². The number of ether oxygens (including phenoxy) is 1. The lowest BCUT2D eigenvalue weighted by Gasteiger charge is -2.11. The summed E-state index contributed by atoms with van der Waals surface area (Å²) in [5.41, 5.74) is 1.20. The van der Waals surface area contributed by atoms with E-state index in [1.807, 2.05) is 31.2 Å². The molecule has 0 bridgehead atoms. The van der Waals surface area contributed by atoms with Gasteiger partial charge in [0.15, 0.2) is 0 Å². The first-order valence-corrected chi connectivity index (χ1v) is 9.16. The van der Waals surface area contributed by atoms with Crippen molar-refractivity contribution < 1.29 is 23.8 Å². The van der Waals surface area contributed by atoms with Gasteiger partial charge in [-0.05, 0) is 53.9 Å². The zero-order valence-corrected chi connectivity index (χ0v) is 15.8. The Morgan fingerprint density at radius 3 is 2.38 bits per heavy atom. The molecule has 0 aliphatic rings. The maximum absolute atomic E-state index is 14.6. The van der Waals surface area contributed by atoms with Crippen molar-refractivity contribution in [3.63, 3.8) is 0 Å². The summed E-state index contributed by atoms with van der Waals surface area (Å²) < 4.78 is 20.2. The van der Waals surface area contributed by atoms with Crippen LogP contribution in [0.5, 0.6) is 5.75 Å². The Labute approximate surface area is 167 Å². The largest absolute Gasteiger partial charge is 0.494 e. The second-order valence-corrected chi connectivity index (χ2v) is 6.38. The average Bonchev–Trinajstić information content (AvgIpc) is 2.73. The lowest BCUT2D eigenvalue weighted by Crippen LogP contribution is -2.17. The fourth-order valence-electron chi connectivity index (χ4n) is 2.84. The summed E-state index contributed by atoms with van der Waals surface area (Å²) in [6.07, 6.45) is 0.887. The van der Waals surface area contributed by atoms with Gasteiger partial charge in [-0.2, -0.15) is 0 Å². The topological polar surface area (TPSA) is 75.6 Å². The number of carbonyl (C=O) groups is 2. The van der Waals surface area contributed by atoms with E-state index in [-0.39, 0.29) is 16.8 Å². The number of nitrogens with one attached hydrogen (secondary N) is 1. The van der Waals surface area contributed by atoms with Crippen molar-refractivity contribution >= 4 is 17.6 Å². The number of aromatic carboxylic acids is 1. The first kappa shape index (κ1) is 20.1. The van der Waals surface area contributed by atoms with Crippen LogP contribution in [0.25, 0.3) is 11.1 Å². The highest BCUT2D eigenvalue weighted by Crippen LogP contribution is 2.27. The first-order valence-electron chi connectivity index (χ1n) is 9.16. The van der Waals surface area contributed by atoms with E-state index in [0.29, 0.717) is 17.9 Å². The zero-order chi connectivity index (χ0) is 20.8. The van der Waals surface area contributed by atoms with Crippen LogP contribution in [0.1, 0.15) is 34.1 Å². The number of amides is 1. The summed E-state index contributed by atoms with van der Waals surface area (Å²) in [5.74, 6) is -1.84. The van der Waals surface area contributed by atoms with Crippen LogP contribution in [0.15, 0.2) is 66.7 Å². The van der Waals surface area contributed by atoms with Crippen molar-refractivity contribution in [3.05, 3.63) is 83.7 Å². The summed E-state index contributed by atoms with van der Waals surface area (Å²) >= 11 is 0. The molecule has 0 aliphatic heterocycles. The molecule has 0 aromatic heterocycles. The second-order valence-electron chi connectivity index (χ2n) is 6.38. The number of carboxylic acids is 1. The minimum atomic E-state index is -1.23. The van der Waals surface area contributed by atoms with E-state index in [1.54, 1.807) is 12.1 Å². The molecule has 0 atom stereocenters. The maximum Gasteiger partial charge on any atom is 0.336 e. The third kappa shape index (κ3) is 4.79. The van der Waals surface area contributed by atoms with E-state index in [0.717, 1.165) is 12.0 Å². The van der Waals surface area contributed by atoms with Gasteiger partial charge < -0.3 is 15.2 Å². The lowest BCUT2D eigenvalue weighted by atomic mass is 10.0. The van der Waals surface area contributed by atoms with Gasteiger partial charge in [0, 0.05) is 0 Å². The van der Waals surface area contributed by atoms with E-state index in [4.69, 9.17) is 4.74 Å². The molecule has 5 nitrogen and oxygen atoms in total. The highest BCUT2D eigenvalue weighted by atomic mass is 19.1. The molecule has 0 aliphatic carbocycles. The number of benzene rings is 3. The van der Waals surface area contributed by atoms with Crippen LogP contribution in [0.3, 0.4) is 0 Å². The number of halogens is 1. The fourth-order valence-corrected chi connectivity index (χ4v) is 2.84. The molecule has 29 heavy (non-hydrogen) atoms. The molecular formula is C23H20FNO4. The Morgan fingerprint density at radius 2 is 1.69 bits per heavy atom. The molecule has 0 radical (unpaired) electrons. The summed E-state index contributed by atoms with van der Waals surface area (Å²) in [6, 6.07) is 17.6. The minimum Gasteiger partial charge on any atom is -0.494 e. The van der Waals surface area contributed by atoms with Gasteiger partial charge in [-0.25, -0.2) is 9.18 Å². The molecular weight excluding hydrogens is 373 g/mol. The normalized spacial score (nSPS) is 10.4. The number of hydrogen-bond acceptors (Lipinski definition) is 3. The van der Waals surface area contributed by atoms with E-state index in [2.05, 4.69) is 5.32 Å². The molecule has 148 valence electrons. The summed E-state index contributed by atoms with van der Waals surface area (Å²) in [4.78, 5) is 23.7. The van der Waals surface area contributed by atoms with Gasteiger partial charge in [-0.15, -0.1) is 0 Å². The van der Waals surface area contributed by atoms with E-state index in [1.165, 1.54) is 30.3 Å². The van der Waals surface area contributed by atoms with Crippen molar-refractivity contribution in [3.8, 4) is 16.9 Å². The first-order chi connectivity index (χ1) is 14.0.